The van der Waals surface area contributed by atoms with Crippen LogP contribution in [0.5, 0.6) is 0 Å². The minimum Gasteiger partial charge on any atom is -0.448 e. The predicted molar refractivity (Wildman–Crippen MR) is 310 cm³/mol. The van der Waals surface area contributed by atoms with Crippen molar-refractivity contribution in [3.8, 4) is 0 Å². The van der Waals surface area contributed by atoms with Gasteiger partial charge in [0.2, 0.25) is 0 Å². The minimum absolute atomic E-state index is 0. The van der Waals surface area contributed by atoms with E-state index in [1.807, 2.05) is 41.5 Å². The van der Waals surface area contributed by atoms with Gasteiger partial charge >= 0.3 is 37.9 Å². The van der Waals surface area contributed by atoms with Crippen molar-refractivity contribution in [2.45, 2.75) is 213 Å². The second-order valence-electron chi connectivity index (χ2n) is 26.9. The number of benzene rings is 2. The highest BCUT2D eigenvalue weighted by atomic mass is 35.5. The molecule has 10 aliphatic rings. The molecule has 22 heteroatoms. The van der Waals surface area contributed by atoms with Gasteiger partial charge in [-0.3, -0.25) is 0 Å². The van der Waals surface area contributed by atoms with E-state index in [4.69, 9.17) is 54.9 Å². The molecule has 4 saturated heterocycles. The van der Waals surface area contributed by atoms with E-state index >= 15 is 0 Å². The zero-order valence-electron chi connectivity index (χ0n) is 48.9. The van der Waals surface area contributed by atoms with Crippen molar-refractivity contribution in [2.75, 3.05) is 26.2 Å². The van der Waals surface area contributed by atoms with E-state index in [1.165, 1.54) is 30.7 Å². The molecule has 16 nitrogen and oxygen atoms in total. The normalized spacial score (nSPS) is 30.9. The summed E-state index contributed by atoms with van der Waals surface area (Å²) in [6.07, 6.45) is 6.23. The third kappa shape index (κ3) is 15.5. The Hall–Kier alpha value is -3.91. The third-order valence-electron chi connectivity index (χ3n) is 18.3. The Labute approximate surface area is 491 Å². The third-order valence-corrected chi connectivity index (χ3v) is 18.4. The maximum Gasteiger partial charge on any atom is 0.482 e. The molecule has 0 unspecified atom stereocenters. The summed E-state index contributed by atoms with van der Waals surface area (Å²) >= 11 is 5.15. The number of piperidine rings is 2. The first-order chi connectivity index (χ1) is 36.8. The van der Waals surface area contributed by atoms with Gasteiger partial charge in [0.1, 0.15) is 35.0 Å². The first-order valence-electron chi connectivity index (χ1n) is 28.5. The van der Waals surface area contributed by atoms with E-state index in [-0.39, 0.29) is 86.5 Å². The number of halogens is 4. The Balaban J connectivity index is 0.000000213. The molecule has 4 aliphatic heterocycles. The molecule has 6 aliphatic carbocycles. The highest BCUT2D eigenvalue weighted by Crippen LogP contribution is 2.67. The first-order valence-corrected chi connectivity index (χ1v) is 28.9. The largest absolute Gasteiger partial charge is 0.482 e. The van der Waals surface area contributed by atoms with Gasteiger partial charge < -0.3 is 58.4 Å². The number of rotatable bonds is 9. The van der Waals surface area contributed by atoms with Crippen LogP contribution in [0.1, 0.15) is 153 Å². The van der Waals surface area contributed by atoms with Crippen molar-refractivity contribution >= 4 is 62.0 Å². The Morgan fingerprint density at radius 1 is 0.679 bits per heavy atom. The fraction of sp³-hybridized carbons (Fsp3) is 0.729. The van der Waals surface area contributed by atoms with E-state index < -0.39 is 53.6 Å². The molecule has 3 N–H and O–H groups in total. The molecular weight excluding hydrogens is 1090 g/mol. The van der Waals surface area contributed by atoms with Crippen molar-refractivity contribution in [3.05, 3.63) is 71.3 Å². The number of hydrogen-bond donors (Lipinski definition) is 2. The number of carbonyl (C=O) groups excluding carboxylic acids is 4. The molecule has 3 amide bonds. The summed E-state index contributed by atoms with van der Waals surface area (Å²) in [6.45, 7) is 26.4. The number of amides is 3. The zero-order valence-corrected chi connectivity index (χ0v) is 50.4. The predicted octanol–water partition coefficient (Wildman–Crippen LogP) is 11.9. The van der Waals surface area contributed by atoms with Crippen LogP contribution in [0.3, 0.4) is 0 Å². The van der Waals surface area contributed by atoms with Crippen LogP contribution in [0.15, 0.2) is 48.5 Å². The minimum atomic E-state index is -0.832. The summed E-state index contributed by atoms with van der Waals surface area (Å²) in [4.78, 5) is 51.2. The van der Waals surface area contributed by atoms with Gasteiger partial charge in [-0.15, -0.1) is 12.4 Å². The Morgan fingerprint density at radius 3 is 1.51 bits per heavy atom. The van der Waals surface area contributed by atoms with Crippen LogP contribution in [0.25, 0.3) is 0 Å². The zero-order chi connectivity index (χ0) is 57.6. The van der Waals surface area contributed by atoms with Gasteiger partial charge in [-0.05, 0) is 189 Å². The number of nitrogens with two attached hydrogens (primary N) is 1. The van der Waals surface area contributed by atoms with E-state index in [1.54, 1.807) is 34.1 Å². The van der Waals surface area contributed by atoms with E-state index in [2.05, 4.69) is 46.9 Å². The van der Waals surface area contributed by atoms with Gasteiger partial charge in [-0.1, -0.05) is 59.4 Å². The molecule has 0 radical (unpaired) electrons. The number of alkyl carbamates (subject to hydrolysis) is 1. The average Bonchev–Trinajstić information content (AvgIpc) is 3.92. The van der Waals surface area contributed by atoms with Gasteiger partial charge in [0, 0.05) is 30.6 Å². The number of ether oxygens (including phenoxy) is 4. The quantitative estimate of drug-likeness (QED) is 0.137. The lowest BCUT2D eigenvalue weighted by Crippen LogP contribution is -2.65. The number of nitrogens with one attached hydrogen (secondary N) is 1. The monoisotopic (exact) mass is 1180 g/mol. The second-order valence-corrected chi connectivity index (χ2v) is 27.2. The number of likely N-dealkylation sites (tertiary alicyclic amines) is 2. The van der Waals surface area contributed by atoms with Crippen molar-refractivity contribution < 1.29 is 65.5 Å². The maximum atomic E-state index is 13.6. The van der Waals surface area contributed by atoms with Crippen LogP contribution in [-0.2, 0) is 50.4 Å². The fourth-order valence-electron chi connectivity index (χ4n) is 13.8. The summed E-state index contributed by atoms with van der Waals surface area (Å²) in [5.41, 5.74) is 6.15. The fourth-order valence-corrected chi connectivity index (χ4v) is 13.9. The Kier molecular flexibility index (Phi) is 21.1. The summed E-state index contributed by atoms with van der Waals surface area (Å²) < 4.78 is 73.7. The molecule has 452 valence electrons. The molecule has 0 aromatic heterocycles. The molecule has 0 spiro atoms. The number of nitrogens with zero attached hydrogens (tertiary/aromatic N) is 2. The highest BCUT2D eigenvalue weighted by molar-refractivity contribution is 6.61. The lowest BCUT2D eigenvalue weighted by molar-refractivity contribution is -0.199. The summed E-state index contributed by atoms with van der Waals surface area (Å²) in [5.74, 6) is 0.968. The lowest BCUT2D eigenvalue weighted by Gasteiger charge is -2.64. The van der Waals surface area contributed by atoms with Crippen LogP contribution < -0.4 is 11.1 Å². The SMILES string of the molecule is C.CC(C)(C)OC(=O)N1CCC[C@H](OC(=O)Cl)C1.CC(C)(C)OC(=O)N1CCC[C@H](OC(=O)N[C@@H](Cc2ccc(F)cc2)B2O[C@@H]3C[C@@H]4C[C@@H](C4(C)C)[C@]3(C)O2)C1.CC1(C)[C@@H]2C[C@H]3OB([C@@H](N)Cc4ccc(F)cc4)O[C@@]3(C)[C@H]1C2.Cl. The standard InChI is InChI=1S/C29H42BFN2O6.C18H25BFNO2.C11H18ClNO4.CH4.ClH/c1-27(2,3)37-26(35)33-13-7-8-21(17-33)36-25(34)32-24(14-18-9-11-20(31)12-10-18)30-38-23-16-19-15-22(28(19,4)5)29(23,6)39-30;1-17(2)12-9-14(17)18(3)15(10-12)22-19(23-18)16(21)8-11-4-6-13(20)7-5-11;1-11(2,3)17-10(15)13-6-4-5-8(7-13)16-9(12)14;;/h9-12,19,21-24H,7-8,13-17H2,1-6H3,(H,32,34);4-7,12,14-16H,8-10,21H2,1-3H3;8H,4-7H2,1-3H3;1H4;1H/t19-,21-,22-,23+,24-,29-;12-,14-,15+,16-,18-;8-;;/m000../s1. The van der Waals surface area contributed by atoms with Gasteiger partial charge in [0.05, 0.1) is 42.4 Å². The molecule has 4 bridgehead atoms. The summed E-state index contributed by atoms with van der Waals surface area (Å²) in [5, 5.41) is 2.99. The van der Waals surface area contributed by atoms with Gasteiger partial charge in [0.25, 0.3) is 0 Å². The second kappa shape index (κ2) is 25.7. The van der Waals surface area contributed by atoms with Crippen molar-refractivity contribution in [2.24, 2.45) is 40.2 Å². The van der Waals surface area contributed by atoms with Crippen molar-refractivity contribution in [1.29, 1.82) is 0 Å². The van der Waals surface area contributed by atoms with Gasteiger partial charge in [-0.2, -0.15) is 0 Å². The van der Waals surface area contributed by atoms with Crippen LogP contribution in [0.2, 0.25) is 0 Å². The molecule has 2 aromatic rings. The Bertz CT molecular complexity index is 2490. The molecule has 6 saturated carbocycles. The van der Waals surface area contributed by atoms with E-state index in [0.29, 0.717) is 68.5 Å². The molecule has 81 heavy (non-hydrogen) atoms. The summed E-state index contributed by atoms with van der Waals surface area (Å²) in [7, 11) is -1.03. The topological polar surface area (TPSA) is 187 Å². The first kappa shape index (κ1) is 66.2. The van der Waals surface area contributed by atoms with Crippen molar-refractivity contribution in [3.63, 3.8) is 0 Å². The summed E-state index contributed by atoms with van der Waals surface area (Å²) in [6, 6.07) is 12.7. The van der Waals surface area contributed by atoms with Crippen LogP contribution >= 0.6 is 24.0 Å². The smallest absolute Gasteiger partial charge is 0.448 e. The van der Waals surface area contributed by atoms with Gasteiger partial charge in [0.15, 0.2) is 0 Å². The molecule has 10 fully saturated rings. The Morgan fingerprint density at radius 2 is 1.09 bits per heavy atom. The van der Waals surface area contributed by atoms with Crippen LogP contribution in [0.4, 0.5) is 28.0 Å². The average molecular weight is 1180 g/mol. The molecule has 2 aromatic carbocycles. The molecule has 4 heterocycles. The van der Waals surface area contributed by atoms with E-state index in [0.717, 1.165) is 49.1 Å². The maximum absolute atomic E-state index is 13.6. The van der Waals surface area contributed by atoms with Gasteiger partial charge in [-0.25, -0.2) is 28.0 Å². The molecule has 12 rings (SSSR count). The lowest BCUT2D eigenvalue weighted by atomic mass is 9.43. The highest BCUT2D eigenvalue weighted by Gasteiger charge is 2.70. The number of carbonyl (C=O) groups is 4. The van der Waals surface area contributed by atoms with Crippen LogP contribution in [-0.4, -0.2) is 133 Å². The van der Waals surface area contributed by atoms with E-state index in [9.17, 15) is 28.0 Å². The molecular formula is C59H90B2Cl2F2N4O12. The van der Waals surface area contributed by atoms with Crippen LogP contribution in [0, 0.1) is 46.1 Å². The van der Waals surface area contributed by atoms with Crippen molar-refractivity contribution in [1.82, 2.24) is 15.1 Å². The number of hydrogen-bond acceptors (Lipinski definition) is 13. The molecule has 12 atom stereocenters.